The van der Waals surface area contributed by atoms with Gasteiger partial charge in [-0.15, -0.1) is 0 Å². The molecule has 3 aliphatic carbocycles. The third-order valence-electron chi connectivity index (χ3n) is 13.8. The van der Waals surface area contributed by atoms with Gasteiger partial charge in [-0.2, -0.15) is 0 Å². The summed E-state index contributed by atoms with van der Waals surface area (Å²) in [7, 11) is 0. The van der Waals surface area contributed by atoms with E-state index in [1.165, 1.54) is 38.1 Å². The van der Waals surface area contributed by atoms with E-state index in [1.54, 1.807) is 74.5 Å². The lowest BCUT2D eigenvalue weighted by molar-refractivity contribution is -0.341. The van der Waals surface area contributed by atoms with Crippen LogP contribution in [0.2, 0.25) is 0 Å². The van der Waals surface area contributed by atoms with Crippen molar-refractivity contribution >= 4 is 35.6 Å². The van der Waals surface area contributed by atoms with Gasteiger partial charge in [0.25, 0.3) is 5.91 Å². The molecule has 8 rings (SSSR count). The van der Waals surface area contributed by atoms with Gasteiger partial charge < -0.3 is 44.3 Å². The van der Waals surface area contributed by atoms with Crippen LogP contribution in [0.1, 0.15) is 90.1 Å². The molecule has 1 unspecified atom stereocenters. The van der Waals surface area contributed by atoms with Gasteiger partial charge in [0.15, 0.2) is 23.6 Å². The van der Waals surface area contributed by atoms with Gasteiger partial charge >= 0.3 is 23.9 Å². The molecule has 15 nitrogen and oxygen atoms in total. The van der Waals surface area contributed by atoms with Crippen LogP contribution in [0.3, 0.4) is 0 Å². The van der Waals surface area contributed by atoms with Crippen LogP contribution in [0.4, 0.5) is 0 Å². The number of amides is 1. The Kier molecular flexibility index (Phi) is 10.3. The summed E-state index contributed by atoms with van der Waals surface area (Å²) in [6, 6.07) is 20.9. The van der Waals surface area contributed by atoms with Crippen molar-refractivity contribution in [3.05, 3.63) is 118 Å². The number of ether oxygens (including phenoxy) is 5. The first kappa shape index (κ1) is 42.0. The average Bonchev–Trinajstić information content (AvgIpc) is 3.27. The van der Waals surface area contributed by atoms with Gasteiger partial charge in [-0.25, -0.2) is 14.4 Å². The monoisotopic (exact) mass is 837 g/mol. The maximum absolute atomic E-state index is 15.4. The maximum Gasteiger partial charge on any atom is 0.339 e. The Morgan fingerprint density at radius 1 is 0.869 bits per heavy atom. The highest BCUT2D eigenvalue weighted by atomic mass is 16.6. The zero-order valence-corrected chi connectivity index (χ0v) is 34.2. The van der Waals surface area contributed by atoms with Crippen LogP contribution in [0.15, 0.2) is 96.1 Å². The number of ketones is 1. The summed E-state index contributed by atoms with van der Waals surface area (Å²) < 4.78 is 30.5. The molecule has 1 amide bonds. The van der Waals surface area contributed by atoms with Crippen LogP contribution < -0.4 is 5.32 Å². The Bertz CT molecular complexity index is 2350. The summed E-state index contributed by atoms with van der Waals surface area (Å²) in [5, 5.41) is 40.1. The number of carbonyl (C=O) groups excluding carboxylic acids is 6. The van der Waals surface area contributed by atoms with Gasteiger partial charge in [-0.05, 0) is 54.8 Å². The molecule has 15 heteroatoms. The van der Waals surface area contributed by atoms with Crippen LogP contribution >= 0.6 is 0 Å². The van der Waals surface area contributed by atoms with Gasteiger partial charge in [0.05, 0.1) is 41.2 Å². The summed E-state index contributed by atoms with van der Waals surface area (Å²) >= 11 is 0. The van der Waals surface area contributed by atoms with E-state index in [9.17, 15) is 39.3 Å². The second-order valence-electron chi connectivity index (χ2n) is 17.3. The molecule has 1 saturated heterocycles. The van der Waals surface area contributed by atoms with E-state index < -0.39 is 113 Å². The molecule has 2 heterocycles. The van der Waals surface area contributed by atoms with E-state index in [4.69, 9.17) is 23.7 Å². The Labute approximate surface area is 351 Å². The molecule has 3 aromatic rings. The number of aliphatic hydroxyl groups is 3. The highest BCUT2D eigenvalue weighted by molar-refractivity contribution is 6.04. The molecule has 0 radical (unpaired) electrons. The van der Waals surface area contributed by atoms with Crippen LogP contribution in [0.5, 0.6) is 0 Å². The van der Waals surface area contributed by atoms with Crippen LogP contribution in [0.25, 0.3) is 0 Å². The molecule has 3 fully saturated rings. The molecule has 1 spiro atoms. The molecule has 4 N–H and O–H groups in total. The standard InChI is InChI=1S/C46H47NO14/c1-23-29(59-42(55)34(50)33(25-14-8-6-9-15-25)47-39(52)26-16-10-7-11-17-26)21-46(56)38-36-44(5,37(51)35(58-24(2)48)32(23)43(46,3)4)30(49)20-31-45(36,22-57-31)61-41(54)28-19-13-12-18-27(28)40(53)60-38/h6-19,29-31,33-36,38,49-50,56H,20-22H2,1-5H3,(H,47,52)/t29-,30-,31+,33-,34+,35+,36?,38-,44+,45-,46+/m1/s1. The van der Waals surface area contributed by atoms with Crippen molar-refractivity contribution in [3.63, 3.8) is 0 Å². The van der Waals surface area contributed by atoms with E-state index in [0.29, 0.717) is 5.56 Å². The van der Waals surface area contributed by atoms with Gasteiger partial charge in [0, 0.05) is 30.7 Å². The Balaban J connectivity index is 1.28. The number of fused-ring (bicyclic) bond motifs is 4. The first-order valence-electron chi connectivity index (χ1n) is 20.1. The van der Waals surface area contributed by atoms with Crippen LogP contribution in [0, 0.1) is 16.7 Å². The van der Waals surface area contributed by atoms with E-state index in [2.05, 4.69) is 5.32 Å². The summed E-state index contributed by atoms with van der Waals surface area (Å²) in [6.07, 6.45) is -10.4. The van der Waals surface area contributed by atoms with E-state index >= 15 is 4.79 Å². The zero-order chi connectivity index (χ0) is 43.8. The number of carbonyl (C=O) groups is 6. The molecule has 0 aromatic heterocycles. The lowest BCUT2D eigenvalue weighted by atomic mass is 9.44. The van der Waals surface area contributed by atoms with Crippen molar-refractivity contribution in [2.75, 3.05) is 6.61 Å². The zero-order valence-electron chi connectivity index (χ0n) is 34.2. The molecule has 61 heavy (non-hydrogen) atoms. The second-order valence-corrected chi connectivity index (χ2v) is 17.3. The summed E-state index contributed by atoms with van der Waals surface area (Å²) in [6.45, 7) is 6.85. The van der Waals surface area contributed by atoms with E-state index in [1.807, 2.05) is 0 Å². The highest BCUT2D eigenvalue weighted by Crippen LogP contribution is 2.64. The molecule has 2 aliphatic heterocycles. The van der Waals surface area contributed by atoms with Crippen LogP contribution in [-0.2, 0) is 38.1 Å². The first-order valence-corrected chi connectivity index (χ1v) is 20.1. The van der Waals surface area contributed by atoms with Gasteiger partial charge in [-0.1, -0.05) is 74.5 Å². The number of benzene rings is 3. The van der Waals surface area contributed by atoms with Gasteiger partial charge in [0.1, 0.15) is 23.9 Å². The fourth-order valence-corrected chi connectivity index (χ4v) is 10.4. The predicted molar refractivity (Wildman–Crippen MR) is 211 cm³/mol. The Morgan fingerprint density at radius 3 is 2.08 bits per heavy atom. The summed E-state index contributed by atoms with van der Waals surface area (Å²) in [5.74, 6) is -7.05. The average molecular weight is 838 g/mol. The van der Waals surface area contributed by atoms with Crippen LogP contribution in [-0.4, -0.2) is 105 Å². The smallest absolute Gasteiger partial charge is 0.339 e. The number of nitrogens with one attached hydrogen (secondary N) is 1. The van der Waals surface area contributed by atoms with E-state index in [0.717, 1.165) is 6.92 Å². The van der Waals surface area contributed by atoms with Gasteiger partial charge in [0.2, 0.25) is 0 Å². The first-order chi connectivity index (χ1) is 28.9. The fraction of sp³-hybridized carbons (Fsp3) is 0.435. The van der Waals surface area contributed by atoms with Crippen molar-refractivity contribution < 1.29 is 67.8 Å². The number of esters is 4. The number of rotatable bonds is 7. The van der Waals surface area contributed by atoms with Crippen molar-refractivity contribution in [1.29, 1.82) is 0 Å². The third kappa shape index (κ3) is 6.39. The summed E-state index contributed by atoms with van der Waals surface area (Å²) in [5.41, 5.74) is -7.34. The minimum atomic E-state index is -2.37. The molecule has 11 atom stereocenters. The minimum absolute atomic E-state index is 0.00644. The molecular weight excluding hydrogens is 790 g/mol. The number of Topliss-reactive ketones (excluding diaryl/α,β-unsaturated/α-hetero) is 1. The molecule has 3 aromatic carbocycles. The molecule has 5 aliphatic rings. The quantitative estimate of drug-likeness (QED) is 0.152. The minimum Gasteiger partial charge on any atom is -0.456 e. The third-order valence-corrected chi connectivity index (χ3v) is 13.8. The fourth-order valence-electron chi connectivity index (χ4n) is 10.4. The molecule has 320 valence electrons. The topological polar surface area (TPSA) is 221 Å². The largest absolute Gasteiger partial charge is 0.456 e. The number of hydrogen-bond donors (Lipinski definition) is 4. The number of aliphatic hydroxyl groups excluding tert-OH is 2. The van der Waals surface area contributed by atoms with Gasteiger partial charge in [-0.3, -0.25) is 14.4 Å². The molecule has 2 bridgehead atoms. The second kappa shape index (κ2) is 15.0. The van der Waals surface area contributed by atoms with E-state index in [-0.39, 0.29) is 40.9 Å². The lowest BCUT2D eigenvalue weighted by Crippen LogP contribution is -2.81. The summed E-state index contributed by atoms with van der Waals surface area (Å²) in [4.78, 5) is 84.6. The Morgan fingerprint density at radius 2 is 1.48 bits per heavy atom. The Hall–Kier alpha value is -5.74. The van der Waals surface area contributed by atoms with Crippen molar-refractivity contribution in [2.24, 2.45) is 16.7 Å². The molecule has 2 saturated carbocycles. The highest BCUT2D eigenvalue weighted by Gasteiger charge is 2.78. The van der Waals surface area contributed by atoms with Crippen molar-refractivity contribution in [3.8, 4) is 0 Å². The normalized spacial score (nSPS) is 33.3. The molecular formula is C46H47NO14. The SMILES string of the molecule is CC(=O)O[C@@H]1C(=O)[C@]2(C)C3[C@@H](OC(=O)c4ccccc4C(=O)O[C@@]34CO[C@H]4C[C@H]2O)[C@@]2(O)C[C@@H](OC(=O)[C@@H](O)[C@H](NC(=O)c3ccccc3)c3ccccc3)C(C)=C1C2(C)C. The lowest BCUT2D eigenvalue weighted by Gasteiger charge is -2.67. The number of hydrogen-bond acceptors (Lipinski definition) is 14. The maximum atomic E-state index is 15.4. The van der Waals surface area contributed by atoms with Crippen molar-refractivity contribution in [1.82, 2.24) is 5.32 Å². The predicted octanol–water partition coefficient (Wildman–Crippen LogP) is 3.34. The van der Waals surface area contributed by atoms with Crippen molar-refractivity contribution in [2.45, 2.75) is 101 Å².